The predicted molar refractivity (Wildman–Crippen MR) is 109 cm³/mol. The summed E-state index contributed by atoms with van der Waals surface area (Å²) in [5, 5.41) is 0. The molecule has 2 aromatic carbocycles. The molecule has 2 heterocycles. The highest BCUT2D eigenvalue weighted by atomic mass is 16.2. The molecule has 146 valence electrons. The largest absolute Gasteiger partial charge is 0.334 e. The molecule has 0 N–H and O–H groups in total. The van der Waals surface area contributed by atoms with Gasteiger partial charge in [-0.3, -0.25) is 19.3 Å². The molecule has 2 aromatic rings. The molecule has 3 amide bonds. The molecular weight excluding hydrogens is 364 g/mol. The van der Waals surface area contributed by atoms with Crippen molar-refractivity contribution in [3.05, 3.63) is 77.4 Å². The summed E-state index contributed by atoms with van der Waals surface area (Å²) in [5.74, 6) is -0.919. The summed E-state index contributed by atoms with van der Waals surface area (Å²) >= 11 is 0. The van der Waals surface area contributed by atoms with E-state index >= 15 is 0 Å². The second-order valence-electron chi connectivity index (χ2n) is 7.96. The van der Waals surface area contributed by atoms with Gasteiger partial charge in [0.1, 0.15) is 0 Å². The highest BCUT2D eigenvalue weighted by molar-refractivity contribution is 6.22. The number of amides is 3. The number of carbonyl (C=O) groups is 3. The summed E-state index contributed by atoms with van der Waals surface area (Å²) < 4.78 is 0. The van der Waals surface area contributed by atoms with Crippen LogP contribution in [-0.4, -0.2) is 29.2 Å². The summed E-state index contributed by atoms with van der Waals surface area (Å²) in [7, 11) is 0. The lowest BCUT2D eigenvalue weighted by Crippen LogP contribution is -2.36. The molecule has 1 aliphatic carbocycles. The molecule has 5 nitrogen and oxygen atoms in total. The molecule has 0 spiro atoms. The molecule has 2 atom stereocenters. The van der Waals surface area contributed by atoms with Crippen molar-refractivity contribution in [1.29, 1.82) is 0 Å². The van der Waals surface area contributed by atoms with Crippen molar-refractivity contribution in [2.24, 2.45) is 11.8 Å². The second kappa shape index (κ2) is 6.99. The molecule has 0 unspecified atom stereocenters. The molecule has 29 heavy (non-hydrogen) atoms. The summed E-state index contributed by atoms with van der Waals surface area (Å²) in [4.78, 5) is 41.9. The second-order valence-corrected chi connectivity index (χ2v) is 7.96. The zero-order valence-corrected chi connectivity index (χ0v) is 16.1. The van der Waals surface area contributed by atoms with Crippen LogP contribution in [0.1, 0.15) is 34.3 Å². The minimum absolute atomic E-state index is 0.0699. The van der Waals surface area contributed by atoms with Gasteiger partial charge in [0.25, 0.3) is 5.91 Å². The number of hydrogen-bond donors (Lipinski definition) is 0. The van der Waals surface area contributed by atoms with Crippen molar-refractivity contribution >= 4 is 23.4 Å². The van der Waals surface area contributed by atoms with Crippen LogP contribution in [-0.2, 0) is 22.6 Å². The standard InChI is InChI=1S/C24H22N2O3/c27-22(25-13-12-16-6-1-2-7-18(16)15-25)17-8-5-9-19(14-17)26-23(28)20-10-3-4-11-21(20)24(26)29/h1-9,14,20-21H,10-13,15H2/t20-,21-/m0/s1. The number of carbonyl (C=O) groups excluding carboxylic acids is 3. The molecule has 3 aliphatic rings. The van der Waals surface area contributed by atoms with E-state index in [-0.39, 0.29) is 29.6 Å². The molecule has 5 rings (SSSR count). The number of rotatable bonds is 2. The van der Waals surface area contributed by atoms with Crippen molar-refractivity contribution in [3.8, 4) is 0 Å². The van der Waals surface area contributed by atoms with E-state index in [1.165, 1.54) is 16.0 Å². The predicted octanol–water partition coefficient (Wildman–Crippen LogP) is 3.34. The van der Waals surface area contributed by atoms with E-state index in [4.69, 9.17) is 0 Å². The van der Waals surface area contributed by atoms with Gasteiger partial charge in [0, 0.05) is 18.7 Å². The van der Waals surface area contributed by atoms with Gasteiger partial charge in [-0.1, -0.05) is 42.5 Å². The maximum Gasteiger partial charge on any atom is 0.254 e. The number of allylic oxidation sites excluding steroid dienone is 2. The number of imide groups is 1. The Morgan fingerprint density at radius 3 is 2.28 bits per heavy atom. The molecular formula is C24H22N2O3. The third-order valence-corrected chi connectivity index (χ3v) is 6.28. The zero-order chi connectivity index (χ0) is 20.0. The van der Waals surface area contributed by atoms with Gasteiger partial charge in [0.15, 0.2) is 0 Å². The Morgan fingerprint density at radius 1 is 0.862 bits per heavy atom. The Hall–Kier alpha value is -3.21. The number of nitrogens with zero attached hydrogens (tertiary/aromatic N) is 2. The Labute approximate surface area is 169 Å². The van der Waals surface area contributed by atoms with Gasteiger partial charge in [-0.05, 0) is 48.6 Å². The third kappa shape index (κ3) is 2.97. The minimum Gasteiger partial charge on any atom is -0.334 e. The van der Waals surface area contributed by atoms with Crippen LogP contribution in [0.25, 0.3) is 0 Å². The molecule has 0 saturated carbocycles. The van der Waals surface area contributed by atoms with Crippen molar-refractivity contribution < 1.29 is 14.4 Å². The van der Waals surface area contributed by atoms with Crippen LogP contribution < -0.4 is 4.90 Å². The number of benzene rings is 2. The molecule has 5 heteroatoms. The van der Waals surface area contributed by atoms with Crippen molar-refractivity contribution in [3.63, 3.8) is 0 Å². The van der Waals surface area contributed by atoms with Crippen molar-refractivity contribution in [2.45, 2.75) is 25.8 Å². The van der Waals surface area contributed by atoms with E-state index in [2.05, 4.69) is 12.1 Å². The third-order valence-electron chi connectivity index (χ3n) is 6.28. The maximum absolute atomic E-state index is 13.1. The first-order chi connectivity index (χ1) is 14.1. The molecule has 0 radical (unpaired) electrons. The van der Waals surface area contributed by atoms with Crippen LogP contribution in [0.3, 0.4) is 0 Å². The lowest BCUT2D eigenvalue weighted by Gasteiger charge is -2.29. The number of fused-ring (bicyclic) bond motifs is 2. The van der Waals surface area contributed by atoms with E-state index in [1.54, 1.807) is 24.3 Å². The van der Waals surface area contributed by atoms with E-state index in [9.17, 15) is 14.4 Å². The Morgan fingerprint density at radius 2 is 1.55 bits per heavy atom. The molecule has 1 saturated heterocycles. The summed E-state index contributed by atoms with van der Waals surface area (Å²) in [6, 6.07) is 15.1. The van der Waals surface area contributed by atoms with Crippen LogP contribution in [0.15, 0.2) is 60.7 Å². The van der Waals surface area contributed by atoms with Gasteiger partial charge in [-0.15, -0.1) is 0 Å². The van der Waals surface area contributed by atoms with Crippen LogP contribution in [0, 0.1) is 11.8 Å². The van der Waals surface area contributed by atoms with Gasteiger partial charge in [0.05, 0.1) is 17.5 Å². The highest BCUT2D eigenvalue weighted by Gasteiger charge is 2.47. The highest BCUT2D eigenvalue weighted by Crippen LogP contribution is 2.37. The quantitative estimate of drug-likeness (QED) is 0.588. The van der Waals surface area contributed by atoms with Crippen LogP contribution in [0.2, 0.25) is 0 Å². The number of anilines is 1. The van der Waals surface area contributed by atoms with Gasteiger partial charge in [0.2, 0.25) is 11.8 Å². The van der Waals surface area contributed by atoms with Crippen molar-refractivity contribution in [1.82, 2.24) is 4.90 Å². The smallest absolute Gasteiger partial charge is 0.254 e. The lowest BCUT2D eigenvalue weighted by molar-refractivity contribution is -0.122. The lowest BCUT2D eigenvalue weighted by atomic mass is 9.85. The van der Waals surface area contributed by atoms with Gasteiger partial charge >= 0.3 is 0 Å². The number of hydrogen-bond acceptors (Lipinski definition) is 3. The molecule has 1 fully saturated rings. The van der Waals surface area contributed by atoms with E-state index in [0.29, 0.717) is 37.2 Å². The van der Waals surface area contributed by atoms with E-state index in [0.717, 1.165) is 6.42 Å². The topological polar surface area (TPSA) is 57.7 Å². The summed E-state index contributed by atoms with van der Waals surface area (Å²) in [6.45, 7) is 1.24. The summed E-state index contributed by atoms with van der Waals surface area (Å²) in [6.07, 6.45) is 6.00. The minimum atomic E-state index is -0.273. The monoisotopic (exact) mass is 386 g/mol. The Bertz CT molecular complexity index is 1020. The fourth-order valence-electron chi connectivity index (χ4n) is 4.68. The Kier molecular flexibility index (Phi) is 4.31. The Balaban J connectivity index is 1.40. The van der Waals surface area contributed by atoms with Crippen molar-refractivity contribution in [2.75, 3.05) is 11.4 Å². The fraction of sp³-hybridized carbons (Fsp3) is 0.292. The molecule has 0 bridgehead atoms. The fourth-order valence-corrected chi connectivity index (χ4v) is 4.68. The van der Waals surface area contributed by atoms with Gasteiger partial charge in [-0.25, -0.2) is 0 Å². The van der Waals surface area contributed by atoms with Crippen LogP contribution in [0.4, 0.5) is 5.69 Å². The van der Waals surface area contributed by atoms with Gasteiger partial charge < -0.3 is 4.90 Å². The summed E-state index contributed by atoms with van der Waals surface area (Å²) in [5.41, 5.74) is 3.47. The SMILES string of the molecule is O=C(c1cccc(N2C(=O)[C@H]3CC=CC[C@@H]3C2=O)c1)N1CCc2ccccc2C1. The molecule has 0 aromatic heterocycles. The van der Waals surface area contributed by atoms with Crippen LogP contribution in [0.5, 0.6) is 0 Å². The first-order valence-corrected chi connectivity index (χ1v) is 10.1. The molecule has 2 aliphatic heterocycles. The first-order valence-electron chi connectivity index (χ1n) is 10.1. The first kappa shape index (κ1) is 17.9. The van der Waals surface area contributed by atoms with E-state index in [1.807, 2.05) is 29.2 Å². The van der Waals surface area contributed by atoms with Crippen LogP contribution >= 0.6 is 0 Å². The van der Waals surface area contributed by atoms with Gasteiger partial charge in [-0.2, -0.15) is 0 Å². The zero-order valence-electron chi connectivity index (χ0n) is 16.1. The maximum atomic E-state index is 13.1. The average Bonchev–Trinajstić information content (AvgIpc) is 3.03. The van der Waals surface area contributed by atoms with E-state index < -0.39 is 0 Å². The average molecular weight is 386 g/mol. The normalized spacial score (nSPS) is 23.2.